The number of nitrogens with zero attached hydrogens (tertiary/aromatic N) is 1. The number of phenolic OH excluding ortho intramolecular Hbond substituents is 1. The standard InChI is InChI=1S/C13H15N3O2/c1-8-10(4-3-5-11(8)17)13(18)16-9(2)12-14-6-7-15-12/h3-7,9,17H,1-2H3,(H,14,15)(H,16,18). The SMILES string of the molecule is Cc1c(O)cccc1C(=O)NC(C)c1ncc[nH]1. The minimum absolute atomic E-state index is 0.119. The van der Waals surface area contributed by atoms with E-state index in [4.69, 9.17) is 0 Å². The van der Waals surface area contributed by atoms with Crippen LogP contribution in [-0.2, 0) is 0 Å². The van der Waals surface area contributed by atoms with Crippen LogP contribution in [0.25, 0.3) is 0 Å². The Labute approximate surface area is 105 Å². The Bertz CT molecular complexity index is 549. The van der Waals surface area contributed by atoms with Gasteiger partial charge in [-0.15, -0.1) is 0 Å². The fraction of sp³-hybridized carbons (Fsp3) is 0.231. The summed E-state index contributed by atoms with van der Waals surface area (Å²) in [5.41, 5.74) is 1.04. The van der Waals surface area contributed by atoms with Crippen molar-refractivity contribution in [2.75, 3.05) is 0 Å². The molecule has 1 atom stereocenters. The van der Waals surface area contributed by atoms with Crippen molar-refractivity contribution in [1.29, 1.82) is 0 Å². The zero-order chi connectivity index (χ0) is 13.1. The van der Waals surface area contributed by atoms with Gasteiger partial charge in [-0.3, -0.25) is 4.79 Å². The molecule has 0 saturated carbocycles. The normalized spacial score (nSPS) is 12.1. The van der Waals surface area contributed by atoms with Crippen LogP contribution in [0.2, 0.25) is 0 Å². The summed E-state index contributed by atoms with van der Waals surface area (Å²) in [6, 6.07) is 4.67. The van der Waals surface area contributed by atoms with Crippen molar-refractivity contribution in [1.82, 2.24) is 15.3 Å². The highest BCUT2D eigenvalue weighted by Gasteiger charge is 2.15. The minimum atomic E-state index is -0.229. The number of carbonyl (C=O) groups is 1. The van der Waals surface area contributed by atoms with Gasteiger partial charge in [-0.25, -0.2) is 4.98 Å². The van der Waals surface area contributed by atoms with Crippen molar-refractivity contribution in [2.45, 2.75) is 19.9 Å². The van der Waals surface area contributed by atoms with Crippen LogP contribution in [0.15, 0.2) is 30.6 Å². The summed E-state index contributed by atoms with van der Waals surface area (Å²) in [6.07, 6.45) is 3.34. The molecule has 0 aliphatic heterocycles. The van der Waals surface area contributed by atoms with E-state index in [1.807, 2.05) is 6.92 Å². The first kappa shape index (κ1) is 12.2. The zero-order valence-corrected chi connectivity index (χ0v) is 10.3. The fourth-order valence-electron chi connectivity index (χ4n) is 1.73. The summed E-state index contributed by atoms with van der Waals surface area (Å²) in [7, 11) is 0. The molecule has 0 spiro atoms. The van der Waals surface area contributed by atoms with E-state index in [2.05, 4.69) is 15.3 Å². The number of amides is 1. The van der Waals surface area contributed by atoms with Crippen molar-refractivity contribution in [2.24, 2.45) is 0 Å². The van der Waals surface area contributed by atoms with E-state index in [0.29, 0.717) is 17.0 Å². The highest BCUT2D eigenvalue weighted by molar-refractivity contribution is 5.96. The number of nitrogens with one attached hydrogen (secondary N) is 2. The van der Waals surface area contributed by atoms with Crippen molar-refractivity contribution in [3.8, 4) is 5.75 Å². The molecule has 0 fully saturated rings. The van der Waals surface area contributed by atoms with Crippen LogP contribution in [0.3, 0.4) is 0 Å². The van der Waals surface area contributed by atoms with Gasteiger partial charge in [0.05, 0.1) is 6.04 Å². The number of phenols is 1. The molecule has 1 unspecified atom stereocenters. The Morgan fingerprint density at radius 1 is 1.50 bits per heavy atom. The molecule has 18 heavy (non-hydrogen) atoms. The molecular weight excluding hydrogens is 230 g/mol. The predicted molar refractivity (Wildman–Crippen MR) is 67.3 cm³/mol. The third kappa shape index (κ3) is 2.34. The molecule has 0 aliphatic rings. The van der Waals surface area contributed by atoms with Gasteiger partial charge in [-0.2, -0.15) is 0 Å². The number of aromatic hydroxyl groups is 1. The maximum Gasteiger partial charge on any atom is 0.252 e. The van der Waals surface area contributed by atoms with Crippen molar-refractivity contribution >= 4 is 5.91 Å². The van der Waals surface area contributed by atoms with Gasteiger partial charge in [-0.1, -0.05) is 6.07 Å². The third-order valence-corrected chi connectivity index (χ3v) is 2.83. The highest BCUT2D eigenvalue weighted by Crippen LogP contribution is 2.20. The molecule has 5 nitrogen and oxygen atoms in total. The zero-order valence-electron chi connectivity index (χ0n) is 10.3. The number of benzene rings is 1. The molecule has 0 aliphatic carbocycles. The molecule has 1 amide bonds. The van der Waals surface area contributed by atoms with Crippen LogP contribution < -0.4 is 5.32 Å². The Balaban J connectivity index is 2.15. The smallest absolute Gasteiger partial charge is 0.252 e. The van der Waals surface area contributed by atoms with Gasteiger partial charge < -0.3 is 15.4 Å². The van der Waals surface area contributed by atoms with E-state index in [9.17, 15) is 9.90 Å². The van der Waals surface area contributed by atoms with Crippen molar-refractivity contribution in [3.63, 3.8) is 0 Å². The third-order valence-electron chi connectivity index (χ3n) is 2.83. The first-order valence-electron chi connectivity index (χ1n) is 5.68. The maximum absolute atomic E-state index is 12.1. The molecule has 2 aromatic rings. The van der Waals surface area contributed by atoms with Gasteiger partial charge >= 0.3 is 0 Å². The molecule has 3 N–H and O–H groups in total. The lowest BCUT2D eigenvalue weighted by Gasteiger charge is -2.13. The first-order valence-corrected chi connectivity index (χ1v) is 5.68. The number of imidazole rings is 1. The number of aromatic nitrogens is 2. The van der Waals surface area contributed by atoms with Crippen LogP contribution >= 0.6 is 0 Å². The monoisotopic (exact) mass is 245 g/mol. The van der Waals surface area contributed by atoms with Crippen LogP contribution in [0, 0.1) is 6.92 Å². The van der Waals surface area contributed by atoms with E-state index in [0.717, 1.165) is 0 Å². The van der Waals surface area contributed by atoms with Crippen molar-refractivity contribution < 1.29 is 9.90 Å². The molecule has 0 radical (unpaired) electrons. The van der Waals surface area contributed by atoms with Crippen molar-refractivity contribution in [3.05, 3.63) is 47.5 Å². The van der Waals surface area contributed by atoms with Gasteiger partial charge in [-0.05, 0) is 26.0 Å². The fourth-order valence-corrected chi connectivity index (χ4v) is 1.73. The van der Waals surface area contributed by atoms with E-state index >= 15 is 0 Å². The number of H-pyrrole nitrogens is 1. The van der Waals surface area contributed by atoms with Gasteiger partial charge in [0.1, 0.15) is 11.6 Å². The lowest BCUT2D eigenvalue weighted by molar-refractivity contribution is 0.0937. The second kappa shape index (κ2) is 4.91. The highest BCUT2D eigenvalue weighted by atomic mass is 16.3. The lowest BCUT2D eigenvalue weighted by atomic mass is 10.1. The topological polar surface area (TPSA) is 78.0 Å². The molecular formula is C13H15N3O2. The molecule has 94 valence electrons. The number of rotatable bonds is 3. The minimum Gasteiger partial charge on any atom is -0.508 e. The average molecular weight is 245 g/mol. The molecule has 5 heteroatoms. The first-order chi connectivity index (χ1) is 8.59. The van der Waals surface area contributed by atoms with Crippen LogP contribution in [0.1, 0.15) is 34.7 Å². The second-order valence-corrected chi connectivity index (χ2v) is 4.12. The quantitative estimate of drug-likeness (QED) is 0.773. The molecule has 2 rings (SSSR count). The largest absolute Gasteiger partial charge is 0.508 e. The van der Waals surface area contributed by atoms with E-state index in [1.165, 1.54) is 0 Å². The Morgan fingerprint density at radius 3 is 2.94 bits per heavy atom. The van der Waals surface area contributed by atoms with Crippen LogP contribution in [0.5, 0.6) is 5.75 Å². The predicted octanol–water partition coefficient (Wildman–Crippen LogP) is 1.91. The Morgan fingerprint density at radius 2 is 2.28 bits per heavy atom. The van der Waals surface area contributed by atoms with E-state index < -0.39 is 0 Å². The molecule has 1 aromatic carbocycles. The van der Waals surface area contributed by atoms with Gasteiger partial charge in [0.15, 0.2) is 0 Å². The second-order valence-electron chi connectivity index (χ2n) is 4.12. The molecule has 1 heterocycles. The van der Waals surface area contributed by atoms with Gasteiger partial charge in [0.2, 0.25) is 0 Å². The summed E-state index contributed by atoms with van der Waals surface area (Å²) in [6.45, 7) is 3.55. The number of aromatic amines is 1. The number of hydrogen-bond acceptors (Lipinski definition) is 3. The maximum atomic E-state index is 12.1. The summed E-state index contributed by atoms with van der Waals surface area (Å²) in [5.74, 6) is 0.585. The number of hydrogen-bond donors (Lipinski definition) is 3. The van der Waals surface area contributed by atoms with E-state index in [-0.39, 0.29) is 17.7 Å². The van der Waals surface area contributed by atoms with Gasteiger partial charge in [0, 0.05) is 23.5 Å². The molecule has 1 aromatic heterocycles. The number of carbonyl (C=O) groups excluding carboxylic acids is 1. The lowest BCUT2D eigenvalue weighted by Crippen LogP contribution is -2.27. The van der Waals surface area contributed by atoms with Gasteiger partial charge in [0.25, 0.3) is 5.91 Å². The average Bonchev–Trinajstić information content (AvgIpc) is 2.86. The van der Waals surface area contributed by atoms with Crippen LogP contribution in [0.4, 0.5) is 0 Å². The molecule has 0 saturated heterocycles. The summed E-state index contributed by atoms with van der Waals surface area (Å²) < 4.78 is 0. The molecule has 0 bridgehead atoms. The Kier molecular flexibility index (Phi) is 3.32. The van der Waals surface area contributed by atoms with Crippen LogP contribution in [-0.4, -0.2) is 21.0 Å². The summed E-state index contributed by atoms with van der Waals surface area (Å²) in [4.78, 5) is 19.1. The Hall–Kier alpha value is -2.30. The summed E-state index contributed by atoms with van der Waals surface area (Å²) in [5, 5.41) is 12.4. The van der Waals surface area contributed by atoms with E-state index in [1.54, 1.807) is 37.5 Å². The summed E-state index contributed by atoms with van der Waals surface area (Å²) >= 11 is 0.